The van der Waals surface area contributed by atoms with Crippen LogP contribution in [0.3, 0.4) is 0 Å². The van der Waals surface area contributed by atoms with Crippen molar-refractivity contribution in [1.82, 2.24) is 19.9 Å². The third kappa shape index (κ3) is 2.31. The second-order valence-corrected chi connectivity index (χ2v) is 4.89. The van der Waals surface area contributed by atoms with Crippen molar-refractivity contribution < 1.29 is 14.7 Å². The van der Waals surface area contributed by atoms with Gasteiger partial charge in [-0.3, -0.25) is 19.2 Å². The Kier molecular flexibility index (Phi) is 3.26. The molecule has 1 aliphatic heterocycles. The predicted molar refractivity (Wildman–Crippen MR) is 72.5 cm³/mol. The van der Waals surface area contributed by atoms with Gasteiger partial charge in [0.05, 0.1) is 30.0 Å². The summed E-state index contributed by atoms with van der Waals surface area (Å²) in [7, 11) is 0. The lowest BCUT2D eigenvalue weighted by atomic mass is 10.1. The zero-order valence-corrected chi connectivity index (χ0v) is 11.4. The number of aromatic nitrogens is 3. The fraction of sp³-hybridized carbons (Fsp3) is 0.286. The number of amides is 2. The summed E-state index contributed by atoms with van der Waals surface area (Å²) in [5.74, 6) is -0.571. The molecule has 1 aromatic heterocycles. The topological polar surface area (TPSA) is 88.3 Å². The SMILES string of the molecule is C[C@@H](O)c1cn(CCN2C(=O)c3ccccc3C2=O)nn1. The van der Waals surface area contributed by atoms with E-state index in [9.17, 15) is 14.7 Å². The Morgan fingerprint density at radius 2 is 1.76 bits per heavy atom. The number of hydrogen-bond acceptors (Lipinski definition) is 5. The number of fused-ring (bicyclic) bond motifs is 1. The molecule has 0 spiro atoms. The molecule has 2 aromatic rings. The van der Waals surface area contributed by atoms with E-state index >= 15 is 0 Å². The predicted octanol–water partition coefficient (Wildman–Crippen LogP) is 0.628. The molecule has 0 saturated carbocycles. The van der Waals surface area contributed by atoms with E-state index in [1.54, 1.807) is 37.4 Å². The van der Waals surface area contributed by atoms with Gasteiger partial charge in [0.1, 0.15) is 5.69 Å². The third-order valence-corrected chi connectivity index (χ3v) is 3.42. The lowest BCUT2D eigenvalue weighted by Crippen LogP contribution is -2.33. The van der Waals surface area contributed by atoms with Crippen LogP contribution in [0.2, 0.25) is 0 Å². The summed E-state index contributed by atoms with van der Waals surface area (Å²) < 4.78 is 1.51. The largest absolute Gasteiger partial charge is 0.387 e. The van der Waals surface area contributed by atoms with Gasteiger partial charge < -0.3 is 5.11 Å². The van der Waals surface area contributed by atoms with Gasteiger partial charge in [-0.15, -0.1) is 5.10 Å². The third-order valence-electron chi connectivity index (χ3n) is 3.42. The smallest absolute Gasteiger partial charge is 0.261 e. The zero-order valence-electron chi connectivity index (χ0n) is 11.4. The van der Waals surface area contributed by atoms with Crippen LogP contribution in [0.5, 0.6) is 0 Å². The van der Waals surface area contributed by atoms with Crippen molar-refractivity contribution in [2.24, 2.45) is 0 Å². The maximum Gasteiger partial charge on any atom is 0.261 e. The van der Waals surface area contributed by atoms with Crippen molar-refractivity contribution >= 4 is 11.8 Å². The van der Waals surface area contributed by atoms with Crippen LogP contribution in [0.4, 0.5) is 0 Å². The monoisotopic (exact) mass is 286 g/mol. The molecule has 2 heterocycles. The average Bonchev–Trinajstić information content (AvgIpc) is 3.03. The summed E-state index contributed by atoms with van der Waals surface area (Å²) >= 11 is 0. The van der Waals surface area contributed by atoms with Crippen molar-refractivity contribution in [3.8, 4) is 0 Å². The highest BCUT2D eigenvalue weighted by Crippen LogP contribution is 2.22. The van der Waals surface area contributed by atoms with Gasteiger partial charge in [-0.2, -0.15) is 0 Å². The molecule has 0 aliphatic carbocycles. The number of imide groups is 1. The van der Waals surface area contributed by atoms with Crippen molar-refractivity contribution in [2.45, 2.75) is 19.6 Å². The molecule has 1 atom stereocenters. The van der Waals surface area contributed by atoms with Crippen LogP contribution in [0.25, 0.3) is 0 Å². The van der Waals surface area contributed by atoms with Crippen LogP contribution in [0.1, 0.15) is 39.4 Å². The molecule has 7 heteroatoms. The number of aliphatic hydroxyl groups is 1. The van der Waals surface area contributed by atoms with Gasteiger partial charge in [0.15, 0.2) is 0 Å². The summed E-state index contributed by atoms with van der Waals surface area (Å²) in [6.45, 7) is 2.15. The van der Waals surface area contributed by atoms with Crippen LogP contribution in [-0.2, 0) is 6.54 Å². The summed E-state index contributed by atoms with van der Waals surface area (Å²) in [4.78, 5) is 25.5. The molecule has 0 fully saturated rings. The van der Waals surface area contributed by atoms with Crippen molar-refractivity contribution in [3.63, 3.8) is 0 Å². The first-order valence-corrected chi connectivity index (χ1v) is 6.61. The van der Waals surface area contributed by atoms with E-state index in [2.05, 4.69) is 10.3 Å². The van der Waals surface area contributed by atoms with Gasteiger partial charge in [0.2, 0.25) is 0 Å². The standard InChI is InChI=1S/C14H14N4O3/c1-9(19)12-8-17(16-15-12)6-7-18-13(20)10-4-2-3-5-11(10)14(18)21/h2-5,8-9,19H,6-7H2,1H3/t9-/m1/s1. The minimum absolute atomic E-state index is 0.217. The molecular formula is C14H14N4O3. The summed E-state index contributed by atoms with van der Waals surface area (Å²) in [5, 5.41) is 17.1. The molecule has 21 heavy (non-hydrogen) atoms. The van der Waals surface area contributed by atoms with Gasteiger partial charge in [-0.1, -0.05) is 17.3 Å². The first-order valence-electron chi connectivity index (χ1n) is 6.61. The summed E-state index contributed by atoms with van der Waals surface area (Å²) in [6.07, 6.45) is 0.904. The second-order valence-electron chi connectivity index (χ2n) is 4.89. The molecule has 108 valence electrons. The van der Waals surface area contributed by atoms with E-state index in [-0.39, 0.29) is 18.4 Å². The Morgan fingerprint density at radius 3 is 2.29 bits per heavy atom. The van der Waals surface area contributed by atoms with E-state index in [0.29, 0.717) is 23.4 Å². The van der Waals surface area contributed by atoms with Gasteiger partial charge in [0, 0.05) is 6.54 Å². The van der Waals surface area contributed by atoms with Crippen LogP contribution >= 0.6 is 0 Å². The summed E-state index contributed by atoms with van der Waals surface area (Å²) in [5.41, 5.74) is 1.33. The van der Waals surface area contributed by atoms with Crippen molar-refractivity contribution in [1.29, 1.82) is 0 Å². The Morgan fingerprint density at radius 1 is 1.14 bits per heavy atom. The molecule has 1 aromatic carbocycles. The normalized spacial score (nSPS) is 15.4. The summed E-state index contributed by atoms with van der Waals surface area (Å²) in [6, 6.07) is 6.77. The Labute approximate surface area is 120 Å². The molecule has 2 amide bonds. The number of carbonyl (C=O) groups excluding carboxylic acids is 2. The first-order chi connectivity index (χ1) is 10.1. The maximum absolute atomic E-state index is 12.2. The second kappa shape index (κ2) is 5.10. The van der Waals surface area contributed by atoms with E-state index in [1.807, 2.05) is 0 Å². The van der Waals surface area contributed by atoms with E-state index < -0.39 is 6.10 Å². The molecule has 0 saturated heterocycles. The van der Waals surface area contributed by atoms with Gasteiger partial charge in [-0.05, 0) is 19.1 Å². The minimum atomic E-state index is -0.696. The molecular weight excluding hydrogens is 272 g/mol. The fourth-order valence-electron chi connectivity index (χ4n) is 2.26. The lowest BCUT2D eigenvalue weighted by Gasteiger charge is -2.13. The van der Waals surface area contributed by atoms with Crippen molar-refractivity contribution in [2.75, 3.05) is 6.54 Å². The minimum Gasteiger partial charge on any atom is -0.387 e. The van der Waals surface area contributed by atoms with Crippen LogP contribution in [0, 0.1) is 0 Å². The maximum atomic E-state index is 12.2. The first kappa shape index (κ1) is 13.4. The number of benzene rings is 1. The number of carbonyl (C=O) groups is 2. The molecule has 7 nitrogen and oxygen atoms in total. The number of aliphatic hydroxyl groups excluding tert-OH is 1. The van der Waals surface area contributed by atoms with Crippen molar-refractivity contribution in [3.05, 3.63) is 47.3 Å². The van der Waals surface area contributed by atoms with E-state index in [0.717, 1.165) is 0 Å². The molecule has 3 rings (SSSR count). The van der Waals surface area contributed by atoms with Crippen LogP contribution in [0.15, 0.2) is 30.5 Å². The zero-order chi connectivity index (χ0) is 15.0. The Balaban J connectivity index is 1.72. The number of rotatable bonds is 4. The lowest BCUT2D eigenvalue weighted by molar-refractivity contribution is 0.0647. The van der Waals surface area contributed by atoms with Gasteiger partial charge in [-0.25, -0.2) is 0 Å². The average molecular weight is 286 g/mol. The Hall–Kier alpha value is -2.54. The number of nitrogens with zero attached hydrogens (tertiary/aromatic N) is 4. The fourth-order valence-corrected chi connectivity index (χ4v) is 2.26. The molecule has 1 N–H and O–H groups in total. The van der Waals surface area contributed by atoms with E-state index in [4.69, 9.17) is 0 Å². The molecule has 0 bridgehead atoms. The highest BCUT2D eigenvalue weighted by atomic mass is 16.3. The number of hydrogen-bond donors (Lipinski definition) is 1. The highest BCUT2D eigenvalue weighted by molar-refractivity contribution is 6.21. The molecule has 0 unspecified atom stereocenters. The highest BCUT2D eigenvalue weighted by Gasteiger charge is 2.34. The van der Waals surface area contributed by atoms with E-state index in [1.165, 1.54) is 9.58 Å². The molecule has 0 radical (unpaired) electrons. The quantitative estimate of drug-likeness (QED) is 0.833. The Bertz CT molecular complexity index is 673. The van der Waals surface area contributed by atoms with Gasteiger partial charge >= 0.3 is 0 Å². The van der Waals surface area contributed by atoms with Gasteiger partial charge in [0.25, 0.3) is 11.8 Å². The molecule has 1 aliphatic rings. The van der Waals surface area contributed by atoms with Crippen LogP contribution in [-0.4, -0.2) is 43.4 Å². The van der Waals surface area contributed by atoms with Crippen LogP contribution < -0.4 is 0 Å².